The Morgan fingerprint density at radius 1 is 1.18 bits per heavy atom. The number of rotatable bonds is 6. The van der Waals surface area contributed by atoms with Crippen LogP contribution in [0, 0.1) is 13.8 Å². The van der Waals surface area contributed by atoms with Gasteiger partial charge in [-0.3, -0.25) is 0 Å². The van der Waals surface area contributed by atoms with E-state index in [1.807, 2.05) is 38.1 Å². The highest BCUT2D eigenvalue weighted by Crippen LogP contribution is 2.23. The highest BCUT2D eigenvalue weighted by Gasteiger charge is 2.08. The number of nitrogens with one attached hydrogen (secondary N) is 1. The molecular formula is C17H23ClN4. The van der Waals surface area contributed by atoms with Gasteiger partial charge < -0.3 is 10.2 Å². The maximum Gasteiger partial charge on any atom is 0.229 e. The van der Waals surface area contributed by atoms with E-state index in [4.69, 9.17) is 11.6 Å². The number of unbranched alkanes of at least 4 members (excludes halogenated alkanes) is 1. The van der Waals surface area contributed by atoms with Crippen molar-refractivity contribution in [2.24, 2.45) is 0 Å². The van der Waals surface area contributed by atoms with Crippen molar-refractivity contribution in [3.8, 4) is 0 Å². The van der Waals surface area contributed by atoms with Crippen molar-refractivity contribution in [1.82, 2.24) is 9.97 Å². The third-order valence-electron chi connectivity index (χ3n) is 3.51. The Kier molecular flexibility index (Phi) is 5.61. The minimum Gasteiger partial charge on any atom is -0.360 e. The topological polar surface area (TPSA) is 41.1 Å². The first kappa shape index (κ1) is 16.6. The maximum atomic E-state index is 5.99. The van der Waals surface area contributed by atoms with Crippen molar-refractivity contribution in [3.63, 3.8) is 0 Å². The van der Waals surface area contributed by atoms with Crippen molar-refractivity contribution < 1.29 is 0 Å². The lowest BCUT2D eigenvalue weighted by Gasteiger charge is -2.19. The van der Waals surface area contributed by atoms with Crippen molar-refractivity contribution in [2.75, 3.05) is 23.8 Å². The number of halogens is 1. The highest BCUT2D eigenvalue weighted by atomic mass is 35.5. The molecule has 1 aromatic heterocycles. The molecule has 22 heavy (non-hydrogen) atoms. The Balaban J connectivity index is 2.22. The number of aryl methyl sites for hydroxylation is 2. The molecular weight excluding hydrogens is 296 g/mol. The van der Waals surface area contributed by atoms with E-state index >= 15 is 0 Å². The quantitative estimate of drug-likeness (QED) is 0.836. The fourth-order valence-corrected chi connectivity index (χ4v) is 2.43. The summed E-state index contributed by atoms with van der Waals surface area (Å²) in [6.45, 7) is 7.18. The zero-order valence-corrected chi connectivity index (χ0v) is 14.4. The van der Waals surface area contributed by atoms with Crippen LogP contribution in [0.25, 0.3) is 0 Å². The van der Waals surface area contributed by atoms with E-state index in [9.17, 15) is 0 Å². The lowest BCUT2D eigenvalue weighted by molar-refractivity contribution is 0.758. The standard InChI is InChI=1S/C17H23ClN4/c1-5-6-9-22(4)16-11-13(3)19-17(21-16)20-15-8-7-14(18)10-12(15)2/h7-8,10-11H,5-6,9H2,1-4H3,(H,19,20,21). The van der Waals surface area contributed by atoms with E-state index in [0.717, 1.165) is 40.8 Å². The maximum absolute atomic E-state index is 5.99. The molecule has 4 nitrogen and oxygen atoms in total. The number of anilines is 3. The molecule has 0 radical (unpaired) electrons. The van der Waals surface area contributed by atoms with Crippen LogP contribution in [0.15, 0.2) is 24.3 Å². The summed E-state index contributed by atoms with van der Waals surface area (Å²) in [5.74, 6) is 1.55. The van der Waals surface area contributed by atoms with Gasteiger partial charge in [0, 0.05) is 36.1 Å². The average Bonchev–Trinajstić information content (AvgIpc) is 2.47. The van der Waals surface area contributed by atoms with Crippen molar-refractivity contribution >= 4 is 29.1 Å². The second-order valence-electron chi connectivity index (χ2n) is 5.55. The van der Waals surface area contributed by atoms with Gasteiger partial charge in [-0.15, -0.1) is 0 Å². The molecule has 5 heteroatoms. The molecule has 0 aliphatic rings. The summed E-state index contributed by atoms with van der Waals surface area (Å²) in [6.07, 6.45) is 2.32. The lowest BCUT2D eigenvalue weighted by Crippen LogP contribution is -2.20. The molecule has 0 fully saturated rings. The fraction of sp³-hybridized carbons (Fsp3) is 0.412. The molecule has 118 valence electrons. The summed E-state index contributed by atoms with van der Waals surface area (Å²) >= 11 is 5.99. The molecule has 0 aliphatic carbocycles. The van der Waals surface area contributed by atoms with Crippen LogP contribution in [0.5, 0.6) is 0 Å². The van der Waals surface area contributed by atoms with Gasteiger partial charge >= 0.3 is 0 Å². The molecule has 2 aromatic rings. The molecule has 0 unspecified atom stereocenters. The Hall–Kier alpha value is -1.81. The molecule has 0 aliphatic heterocycles. The van der Waals surface area contributed by atoms with Crippen LogP contribution >= 0.6 is 11.6 Å². The minimum absolute atomic E-state index is 0.615. The minimum atomic E-state index is 0.615. The predicted molar refractivity (Wildman–Crippen MR) is 94.4 cm³/mol. The van der Waals surface area contributed by atoms with Gasteiger partial charge in [0.25, 0.3) is 0 Å². The molecule has 0 atom stereocenters. The average molecular weight is 319 g/mol. The van der Waals surface area contributed by atoms with Gasteiger partial charge in [-0.1, -0.05) is 24.9 Å². The van der Waals surface area contributed by atoms with Gasteiger partial charge in [0.2, 0.25) is 5.95 Å². The smallest absolute Gasteiger partial charge is 0.229 e. The summed E-state index contributed by atoms with van der Waals surface area (Å²) in [4.78, 5) is 11.3. The Morgan fingerprint density at radius 2 is 1.95 bits per heavy atom. The van der Waals surface area contributed by atoms with Crippen LogP contribution < -0.4 is 10.2 Å². The van der Waals surface area contributed by atoms with Crippen LogP contribution in [-0.4, -0.2) is 23.6 Å². The van der Waals surface area contributed by atoms with Gasteiger partial charge in [-0.25, -0.2) is 4.98 Å². The Bertz CT molecular complexity index is 643. The van der Waals surface area contributed by atoms with E-state index in [1.165, 1.54) is 6.42 Å². The van der Waals surface area contributed by atoms with Gasteiger partial charge in [0.1, 0.15) is 5.82 Å². The normalized spacial score (nSPS) is 10.6. The van der Waals surface area contributed by atoms with E-state index in [-0.39, 0.29) is 0 Å². The second kappa shape index (κ2) is 7.45. The van der Waals surface area contributed by atoms with E-state index in [2.05, 4.69) is 34.2 Å². The molecule has 0 spiro atoms. The summed E-state index contributed by atoms with van der Waals surface area (Å²) < 4.78 is 0. The third kappa shape index (κ3) is 4.34. The van der Waals surface area contributed by atoms with Gasteiger partial charge in [0.05, 0.1) is 0 Å². The molecule has 0 bridgehead atoms. The molecule has 0 saturated carbocycles. The monoisotopic (exact) mass is 318 g/mol. The molecule has 1 N–H and O–H groups in total. The van der Waals surface area contributed by atoms with E-state index in [0.29, 0.717) is 5.95 Å². The van der Waals surface area contributed by atoms with Gasteiger partial charge in [-0.05, 0) is 44.0 Å². The van der Waals surface area contributed by atoms with Gasteiger partial charge in [0.15, 0.2) is 0 Å². The molecule has 0 amide bonds. The first-order chi connectivity index (χ1) is 10.5. The summed E-state index contributed by atoms with van der Waals surface area (Å²) in [6, 6.07) is 7.74. The third-order valence-corrected chi connectivity index (χ3v) is 3.75. The molecule has 1 heterocycles. The SMILES string of the molecule is CCCCN(C)c1cc(C)nc(Nc2ccc(Cl)cc2C)n1. The van der Waals surface area contributed by atoms with Crippen LogP contribution in [0.1, 0.15) is 31.0 Å². The van der Waals surface area contributed by atoms with Crippen LogP contribution in [0.4, 0.5) is 17.5 Å². The highest BCUT2D eigenvalue weighted by molar-refractivity contribution is 6.30. The zero-order chi connectivity index (χ0) is 16.1. The predicted octanol–water partition coefficient (Wildman–Crippen LogP) is 4.73. The van der Waals surface area contributed by atoms with Crippen molar-refractivity contribution in [1.29, 1.82) is 0 Å². The summed E-state index contributed by atoms with van der Waals surface area (Å²) in [7, 11) is 2.06. The molecule has 0 saturated heterocycles. The number of benzene rings is 1. The Morgan fingerprint density at radius 3 is 2.64 bits per heavy atom. The molecule has 1 aromatic carbocycles. The largest absolute Gasteiger partial charge is 0.360 e. The zero-order valence-electron chi connectivity index (χ0n) is 13.7. The first-order valence-electron chi connectivity index (χ1n) is 7.59. The van der Waals surface area contributed by atoms with Crippen molar-refractivity contribution in [2.45, 2.75) is 33.6 Å². The Labute approximate surface area is 137 Å². The van der Waals surface area contributed by atoms with Crippen LogP contribution in [0.3, 0.4) is 0 Å². The summed E-state index contributed by atoms with van der Waals surface area (Å²) in [5.41, 5.74) is 2.98. The van der Waals surface area contributed by atoms with Crippen LogP contribution in [0.2, 0.25) is 5.02 Å². The lowest BCUT2D eigenvalue weighted by atomic mass is 10.2. The van der Waals surface area contributed by atoms with Gasteiger partial charge in [-0.2, -0.15) is 4.98 Å². The second-order valence-corrected chi connectivity index (χ2v) is 5.99. The van der Waals surface area contributed by atoms with E-state index in [1.54, 1.807) is 0 Å². The number of hydrogen-bond donors (Lipinski definition) is 1. The number of hydrogen-bond acceptors (Lipinski definition) is 4. The molecule has 2 rings (SSSR count). The summed E-state index contributed by atoms with van der Waals surface area (Å²) in [5, 5.41) is 4.01. The first-order valence-corrected chi connectivity index (χ1v) is 7.97. The number of aromatic nitrogens is 2. The number of nitrogens with zero attached hydrogens (tertiary/aromatic N) is 3. The van der Waals surface area contributed by atoms with Crippen molar-refractivity contribution in [3.05, 3.63) is 40.5 Å². The van der Waals surface area contributed by atoms with E-state index < -0.39 is 0 Å². The fourth-order valence-electron chi connectivity index (χ4n) is 2.20. The van der Waals surface area contributed by atoms with Crippen LogP contribution in [-0.2, 0) is 0 Å².